The van der Waals surface area contributed by atoms with E-state index in [4.69, 9.17) is 0 Å². The molecule has 0 N–H and O–H groups in total. The highest BCUT2D eigenvalue weighted by Gasteiger charge is 2.30. The predicted molar refractivity (Wildman–Crippen MR) is 60.1 cm³/mol. The number of rotatable bonds is 4. The van der Waals surface area contributed by atoms with Gasteiger partial charge < -0.3 is 4.79 Å². The molecule has 1 atom stereocenters. The van der Waals surface area contributed by atoms with Crippen LogP contribution in [-0.2, 0) is 11.2 Å². The van der Waals surface area contributed by atoms with E-state index in [9.17, 15) is 4.79 Å². The van der Waals surface area contributed by atoms with Gasteiger partial charge >= 0.3 is 0 Å². The molecule has 1 aliphatic rings. The Labute approximate surface area is 92.6 Å². The third-order valence-corrected chi connectivity index (χ3v) is 3.32. The van der Waals surface area contributed by atoms with Crippen molar-refractivity contribution in [2.75, 3.05) is 0 Å². The summed E-state index contributed by atoms with van der Waals surface area (Å²) < 4.78 is 1.09. The standard InChI is InChI=1S/C12H13BrO/c13-12-5-1-9(2-6-12)7-11(8-14)10-3-4-10/h1-2,5-6,8,10-11H,3-4,7H2. The topological polar surface area (TPSA) is 17.1 Å². The van der Waals surface area contributed by atoms with E-state index in [1.165, 1.54) is 18.4 Å². The first kappa shape index (κ1) is 9.91. The van der Waals surface area contributed by atoms with Gasteiger partial charge in [0.1, 0.15) is 6.29 Å². The molecule has 0 saturated heterocycles. The fourth-order valence-corrected chi connectivity index (χ4v) is 2.01. The van der Waals surface area contributed by atoms with Crippen LogP contribution < -0.4 is 0 Å². The average molecular weight is 253 g/mol. The van der Waals surface area contributed by atoms with E-state index >= 15 is 0 Å². The molecule has 0 spiro atoms. The lowest BCUT2D eigenvalue weighted by atomic mass is 9.96. The van der Waals surface area contributed by atoms with E-state index in [1.807, 2.05) is 12.1 Å². The molecule has 0 radical (unpaired) electrons. The second-order valence-electron chi connectivity index (χ2n) is 3.97. The molecule has 2 rings (SSSR count). The molecule has 0 bridgehead atoms. The van der Waals surface area contributed by atoms with Crippen LogP contribution >= 0.6 is 15.9 Å². The third kappa shape index (κ3) is 2.44. The highest BCUT2D eigenvalue weighted by molar-refractivity contribution is 9.10. The lowest BCUT2D eigenvalue weighted by molar-refractivity contribution is -0.111. The van der Waals surface area contributed by atoms with Crippen LogP contribution in [0.3, 0.4) is 0 Å². The van der Waals surface area contributed by atoms with Gasteiger partial charge in [-0.1, -0.05) is 28.1 Å². The predicted octanol–water partition coefficient (Wildman–Crippen LogP) is 3.22. The number of halogens is 1. The summed E-state index contributed by atoms with van der Waals surface area (Å²) in [6.07, 6.45) is 4.50. The molecule has 1 fully saturated rings. The fourth-order valence-electron chi connectivity index (χ4n) is 1.74. The van der Waals surface area contributed by atoms with Crippen molar-refractivity contribution in [1.29, 1.82) is 0 Å². The van der Waals surface area contributed by atoms with Crippen molar-refractivity contribution in [3.63, 3.8) is 0 Å². The second-order valence-corrected chi connectivity index (χ2v) is 4.88. The van der Waals surface area contributed by atoms with E-state index in [-0.39, 0.29) is 5.92 Å². The summed E-state index contributed by atoms with van der Waals surface area (Å²) >= 11 is 3.40. The Bertz CT molecular complexity index is 314. The van der Waals surface area contributed by atoms with Gasteiger partial charge in [-0.05, 0) is 42.9 Å². The Kier molecular flexibility index (Phi) is 3.02. The lowest BCUT2D eigenvalue weighted by Crippen LogP contribution is -2.08. The number of carbonyl (C=O) groups is 1. The summed E-state index contributed by atoms with van der Waals surface area (Å²) in [7, 11) is 0. The molecule has 0 aromatic heterocycles. The number of benzene rings is 1. The van der Waals surface area contributed by atoms with Crippen molar-refractivity contribution in [1.82, 2.24) is 0 Å². The van der Waals surface area contributed by atoms with Gasteiger partial charge in [-0.15, -0.1) is 0 Å². The number of carbonyl (C=O) groups excluding carboxylic acids is 1. The maximum Gasteiger partial charge on any atom is 0.123 e. The first-order chi connectivity index (χ1) is 6.79. The molecule has 2 heteroatoms. The highest BCUT2D eigenvalue weighted by Crippen LogP contribution is 2.37. The van der Waals surface area contributed by atoms with Crippen LogP contribution in [0.2, 0.25) is 0 Å². The number of hydrogen-bond acceptors (Lipinski definition) is 1. The molecule has 74 valence electrons. The average Bonchev–Trinajstić information content (AvgIpc) is 3.01. The van der Waals surface area contributed by atoms with Gasteiger partial charge in [0.2, 0.25) is 0 Å². The minimum absolute atomic E-state index is 0.246. The van der Waals surface area contributed by atoms with E-state index < -0.39 is 0 Å². The Balaban J connectivity index is 2.01. The van der Waals surface area contributed by atoms with Crippen molar-refractivity contribution in [3.8, 4) is 0 Å². The Morgan fingerprint density at radius 3 is 2.50 bits per heavy atom. The minimum Gasteiger partial charge on any atom is -0.303 e. The van der Waals surface area contributed by atoms with Gasteiger partial charge in [0.25, 0.3) is 0 Å². The van der Waals surface area contributed by atoms with E-state index in [1.54, 1.807) is 0 Å². The summed E-state index contributed by atoms with van der Waals surface area (Å²) in [5, 5.41) is 0. The summed E-state index contributed by atoms with van der Waals surface area (Å²) in [6.45, 7) is 0. The van der Waals surface area contributed by atoms with Crippen molar-refractivity contribution in [2.24, 2.45) is 11.8 Å². The van der Waals surface area contributed by atoms with Crippen molar-refractivity contribution in [2.45, 2.75) is 19.3 Å². The molecule has 1 saturated carbocycles. The zero-order valence-corrected chi connectivity index (χ0v) is 9.53. The SMILES string of the molecule is O=CC(Cc1ccc(Br)cc1)C1CC1. The van der Waals surface area contributed by atoms with Crippen LogP contribution in [0.15, 0.2) is 28.7 Å². The third-order valence-electron chi connectivity index (χ3n) is 2.79. The zero-order valence-electron chi connectivity index (χ0n) is 7.95. The summed E-state index contributed by atoms with van der Waals surface area (Å²) in [6, 6.07) is 8.24. The smallest absolute Gasteiger partial charge is 0.123 e. The molecule has 1 aromatic carbocycles. The van der Waals surface area contributed by atoms with Crippen molar-refractivity contribution in [3.05, 3.63) is 34.3 Å². The summed E-state index contributed by atoms with van der Waals surface area (Å²) in [5.41, 5.74) is 1.26. The van der Waals surface area contributed by atoms with Gasteiger partial charge in [0, 0.05) is 10.4 Å². The maximum absolute atomic E-state index is 10.8. The zero-order chi connectivity index (χ0) is 9.97. The molecule has 0 heterocycles. The van der Waals surface area contributed by atoms with E-state index in [2.05, 4.69) is 28.1 Å². The molecule has 14 heavy (non-hydrogen) atoms. The largest absolute Gasteiger partial charge is 0.303 e. The quantitative estimate of drug-likeness (QED) is 0.753. The van der Waals surface area contributed by atoms with Crippen LogP contribution in [0.4, 0.5) is 0 Å². The summed E-state index contributed by atoms with van der Waals surface area (Å²) in [4.78, 5) is 10.8. The molecule has 1 aromatic rings. The molecular formula is C12H13BrO. The molecule has 1 nitrogen and oxygen atoms in total. The van der Waals surface area contributed by atoms with Crippen LogP contribution in [0.1, 0.15) is 18.4 Å². The van der Waals surface area contributed by atoms with Crippen LogP contribution in [-0.4, -0.2) is 6.29 Å². The Morgan fingerprint density at radius 1 is 1.36 bits per heavy atom. The number of hydrogen-bond donors (Lipinski definition) is 0. The lowest BCUT2D eigenvalue weighted by Gasteiger charge is -2.08. The first-order valence-corrected chi connectivity index (χ1v) is 5.78. The molecule has 1 unspecified atom stereocenters. The van der Waals surface area contributed by atoms with Gasteiger partial charge in [-0.25, -0.2) is 0 Å². The summed E-state index contributed by atoms with van der Waals surface area (Å²) in [5.74, 6) is 0.910. The molecular weight excluding hydrogens is 240 g/mol. The van der Waals surface area contributed by atoms with E-state index in [0.29, 0.717) is 5.92 Å². The first-order valence-electron chi connectivity index (χ1n) is 4.99. The number of aldehydes is 1. The monoisotopic (exact) mass is 252 g/mol. The maximum atomic E-state index is 10.8. The van der Waals surface area contributed by atoms with Crippen LogP contribution in [0.5, 0.6) is 0 Å². The van der Waals surface area contributed by atoms with Gasteiger partial charge in [-0.2, -0.15) is 0 Å². The molecule has 1 aliphatic carbocycles. The van der Waals surface area contributed by atoms with E-state index in [0.717, 1.165) is 17.2 Å². The Hall–Kier alpha value is -0.630. The second kappa shape index (κ2) is 4.26. The highest BCUT2D eigenvalue weighted by atomic mass is 79.9. The van der Waals surface area contributed by atoms with Crippen molar-refractivity contribution >= 4 is 22.2 Å². The van der Waals surface area contributed by atoms with Gasteiger partial charge in [0.15, 0.2) is 0 Å². The molecule has 0 amide bonds. The van der Waals surface area contributed by atoms with Gasteiger partial charge in [0.05, 0.1) is 0 Å². The minimum atomic E-state index is 0.246. The van der Waals surface area contributed by atoms with Gasteiger partial charge in [-0.3, -0.25) is 0 Å². The van der Waals surface area contributed by atoms with Crippen LogP contribution in [0.25, 0.3) is 0 Å². The van der Waals surface area contributed by atoms with Crippen LogP contribution in [0, 0.1) is 11.8 Å². The Morgan fingerprint density at radius 2 is 2.00 bits per heavy atom. The normalized spacial score (nSPS) is 17.8. The molecule has 0 aliphatic heterocycles. The van der Waals surface area contributed by atoms with Crippen molar-refractivity contribution < 1.29 is 4.79 Å². The fraction of sp³-hybridized carbons (Fsp3) is 0.417.